The zero-order chi connectivity index (χ0) is 12.9. The van der Waals surface area contributed by atoms with Crippen molar-refractivity contribution in [2.45, 2.75) is 31.3 Å². The third-order valence-corrected chi connectivity index (χ3v) is 4.97. The molecule has 2 fully saturated rings. The molecule has 1 nitrogen and oxygen atoms in total. The molecule has 2 unspecified atom stereocenters. The van der Waals surface area contributed by atoms with Crippen LogP contribution in [0, 0.1) is 5.92 Å². The van der Waals surface area contributed by atoms with Crippen molar-refractivity contribution >= 4 is 5.69 Å². The van der Waals surface area contributed by atoms with E-state index >= 15 is 0 Å². The fourth-order valence-corrected chi connectivity index (χ4v) is 3.83. The van der Waals surface area contributed by atoms with Gasteiger partial charge in [-0.3, -0.25) is 0 Å². The maximum atomic E-state index is 2.66. The summed E-state index contributed by atoms with van der Waals surface area (Å²) >= 11 is 0. The standard InChI is InChI=1S/C18H19N/c1-18-13-15(18)12-17(14-8-4-2-5-9-14)19(18)16-10-6-3-7-11-16/h2-11,15,17H,12-13H2,1H3/t15?,17?,18-/m1/s1. The Morgan fingerprint density at radius 1 is 0.947 bits per heavy atom. The summed E-state index contributed by atoms with van der Waals surface area (Å²) in [6, 6.07) is 22.4. The van der Waals surface area contributed by atoms with E-state index in [1.54, 1.807) is 0 Å². The summed E-state index contributed by atoms with van der Waals surface area (Å²) in [7, 11) is 0. The lowest BCUT2D eigenvalue weighted by molar-refractivity contribution is 0.594. The van der Waals surface area contributed by atoms with Gasteiger partial charge in [0.1, 0.15) is 0 Å². The van der Waals surface area contributed by atoms with Crippen molar-refractivity contribution in [1.29, 1.82) is 0 Å². The van der Waals surface area contributed by atoms with E-state index in [9.17, 15) is 0 Å². The number of hydrogen-bond acceptors (Lipinski definition) is 1. The zero-order valence-electron chi connectivity index (χ0n) is 11.3. The number of piperidine rings is 1. The monoisotopic (exact) mass is 249 g/mol. The molecule has 19 heavy (non-hydrogen) atoms. The molecule has 1 saturated carbocycles. The second-order valence-electron chi connectivity index (χ2n) is 6.13. The summed E-state index contributed by atoms with van der Waals surface area (Å²) in [5, 5.41) is 0. The molecule has 2 aliphatic rings. The van der Waals surface area contributed by atoms with Gasteiger partial charge in [0.05, 0.1) is 6.04 Å². The molecule has 3 atom stereocenters. The van der Waals surface area contributed by atoms with E-state index in [2.05, 4.69) is 72.5 Å². The first kappa shape index (κ1) is 11.1. The minimum absolute atomic E-state index is 0.391. The Bertz CT molecular complexity index is 577. The molecule has 0 bridgehead atoms. The molecule has 4 rings (SSSR count). The maximum Gasteiger partial charge on any atom is 0.0551 e. The van der Waals surface area contributed by atoms with Crippen molar-refractivity contribution in [3.63, 3.8) is 0 Å². The highest BCUT2D eigenvalue weighted by atomic mass is 15.3. The summed E-state index contributed by atoms with van der Waals surface area (Å²) in [6.07, 6.45) is 2.65. The first-order valence-corrected chi connectivity index (χ1v) is 7.18. The largest absolute Gasteiger partial charge is 0.359 e. The van der Waals surface area contributed by atoms with Crippen molar-refractivity contribution in [2.75, 3.05) is 4.90 Å². The Morgan fingerprint density at radius 3 is 2.26 bits per heavy atom. The van der Waals surface area contributed by atoms with Crippen LogP contribution in [0.1, 0.15) is 31.4 Å². The Balaban J connectivity index is 1.77. The molecule has 1 heterocycles. The molecule has 0 aromatic heterocycles. The predicted octanol–water partition coefficient (Wildman–Crippen LogP) is 4.42. The van der Waals surface area contributed by atoms with Crippen molar-refractivity contribution in [3.05, 3.63) is 66.2 Å². The molecule has 1 saturated heterocycles. The van der Waals surface area contributed by atoms with Crippen LogP contribution in [0.2, 0.25) is 0 Å². The molecule has 1 heteroatoms. The molecule has 0 N–H and O–H groups in total. The summed E-state index contributed by atoms with van der Waals surface area (Å²) in [5.41, 5.74) is 3.22. The van der Waals surface area contributed by atoms with Crippen molar-refractivity contribution in [1.82, 2.24) is 0 Å². The predicted molar refractivity (Wildman–Crippen MR) is 79.2 cm³/mol. The van der Waals surface area contributed by atoms with Gasteiger partial charge >= 0.3 is 0 Å². The molecular formula is C18H19N. The van der Waals surface area contributed by atoms with Crippen LogP contribution in [0.4, 0.5) is 5.69 Å². The maximum absolute atomic E-state index is 2.66. The summed E-state index contributed by atoms with van der Waals surface area (Å²) in [5.74, 6) is 0.873. The van der Waals surface area contributed by atoms with Crippen LogP contribution in [0.25, 0.3) is 0 Å². The number of anilines is 1. The smallest absolute Gasteiger partial charge is 0.0551 e. The van der Waals surface area contributed by atoms with Crippen molar-refractivity contribution < 1.29 is 0 Å². The van der Waals surface area contributed by atoms with Crippen LogP contribution >= 0.6 is 0 Å². The third-order valence-electron chi connectivity index (χ3n) is 4.97. The lowest BCUT2D eigenvalue weighted by atomic mass is 10.0. The number of nitrogens with zero attached hydrogens (tertiary/aromatic N) is 1. The van der Waals surface area contributed by atoms with Gasteiger partial charge < -0.3 is 4.90 Å². The van der Waals surface area contributed by atoms with E-state index < -0.39 is 0 Å². The van der Waals surface area contributed by atoms with Gasteiger partial charge in [0, 0.05) is 11.2 Å². The highest BCUT2D eigenvalue weighted by Gasteiger charge is 2.62. The third kappa shape index (κ3) is 1.61. The Hall–Kier alpha value is -1.76. The molecule has 0 amide bonds. The van der Waals surface area contributed by atoms with Crippen LogP contribution in [0.3, 0.4) is 0 Å². The average molecular weight is 249 g/mol. The second kappa shape index (κ2) is 3.86. The quantitative estimate of drug-likeness (QED) is 0.761. The van der Waals surface area contributed by atoms with E-state index in [-0.39, 0.29) is 0 Å². The van der Waals surface area contributed by atoms with E-state index in [1.165, 1.54) is 24.1 Å². The summed E-state index contributed by atoms with van der Waals surface area (Å²) < 4.78 is 0. The van der Waals surface area contributed by atoms with E-state index in [4.69, 9.17) is 0 Å². The molecule has 0 spiro atoms. The molecule has 1 aliphatic heterocycles. The Morgan fingerprint density at radius 2 is 1.58 bits per heavy atom. The number of hydrogen-bond donors (Lipinski definition) is 0. The zero-order valence-corrected chi connectivity index (χ0v) is 11.3. The van der Waals surface area contributed by atoms with Crippen LogP contribution < -0.4 is 4.90 Å². The number of rotatable bonds is 2. The summed E-state index contributed by atoms with van der Waals surface area (Å²) in [6.45, 7) is 2.42. The fraction of sp³-hybridized carbons (Fsp3) is 0.333. The van der Waals surface area contributed by atoms with Crippen LogP contribution in [0.15, 0.2) is 60.7 Å². The molecule has 1 aliphatic carbocycles. The van der Waals surface area contributed by atoms with Gasteiger partial charge in [-0.15, -0.1) is 0 Å². The minimum atomic E-state index is 0.391. The molecule has 96 valence electrons. The number of para-hydroxylation sites is 1. The SMILES string of the molecule is C[C@@]12CC1CC(c1ccccc1)N2c1ccccc1. The van der Waals surface area contributed by atoms with Crippen LogP contribution in [-0.4, -0.2) is 5.54 Å². The van der Waals surface area contributed by atoms with Gasteiger partial charge in [-0.1, -0.05) is 48.5 Å². The fourth-order valence-electron chi connectivity index (χ4n) is 3.83. The van der Waals surface area contributed by atoms with E-state index in [0.717, 1.165) is 5.92 Å². The Kier molecular flexibility index (Phi) is 2.26. The van der Waals surface area contributed by atoms with Crippen molar-refractivity contribution in [3.8, 4) is 0 Å². The first-order valence-electron chi connectivity index (χ1n) is 7.18. The topological polar surface area (TPSA) is 3.24 Å². The highest BCUT2D eigenvalue weighted by Crippen LogP contribution is 2.62. The number of benzene rings is 2. The first-order chi connectivity index (χ1) is 9.29. The normalized spacial score (nSPS) is 32.2. The summed E-state index contributed by atoms with van der Waals surface area (Å²) in [4.78, 5) is 2.66. The van der Waals surface area contributed by atoms with Crippen LogP contribution in [-0.2, 0) is 0 Å². The molecular weight excluding hydrogens is 230 g/mol. The second-order valence-corrected chi connectivity index (χ2v) is 6.13. The Labute approximate surface area is 114 Å². The highest BCUT2D eigenvalue weighted by molar-refractivity contribution is 5.56. The lowest BCUT2D eigenvalue weighted by Crippen LogP contribution is -2.34. The van der Waals surface area contributed by atoms with Gasteiger partial charge in [0.2, 0.25) is 0 Å². The molecule has 0 radical (unpaired) electrons. The van der Waals surface area contributed by atoms with E-state index in [1.807, 2.05) is 0 Å². The minimum Gasteiger partial charge on any atom is -0.359 e. The van der Waals surface area contributed by atoms with Crippen molar-refractivity contribution in [2.24, 2.45) is 5.92 Å². The molecule has 2 aromatic rings. The van der Waals surface area contributed by atoms with E-state index in [0.29, 0.717) is 11.6 Å². The van der Waals surface area contributed by atoms with Gasteiger partial charge in [0.15, 0.2) is 0 Å². The van der Waals surface area contributed by atoms with Gasteiger partial charge in [-0.2, -0.15) is 0 Å². The van der Waals surface area contributed by atoms with Gasteiger partial charge in [0.25, 0.3) is 0 Å². The molecule has 2 aromatic carbocycles. The van der Waals surface area contributed by atoms with Gasteiger partial charge in [-0.25, -0.2) is 0 Å². The van der Waals surface area contributed by atoms with Gasteiger partial charge in [-0.05, 0) is 43.4 Å². The lowest BCUT2D eigenvalue weighted by Gasteiger charge is -2.35. The average Bonchev–Trinajstić information content (AvgIpc) is 3.02. The van der Waals surface area contributed by atoms with Crippen LogP contribution in [0.5, 0.6) is 0 Å². The number of fused-ring (bicyclic) bond motifs is 1.